The number of anilines is 1. The predicted octanol–water partition coefficient (Wildman–Crippen LogP) is 5.91. The van der Waals surface area contributed by atoms with Crippen LogP contribution >= 0.6 is 11.8 Å². The Morgan fingerprint density at radius 1 is 0.838 bits per heavy atom. The number of aliphatic imine (C=N–C) groups is 1. The van der Waals surface area contributed by atoms with Crippen molar-refractivity contribution in [1.29, 1.82) is 0 Å². The van der Waals surface area contributed by atoms with Crippen LogP contribution in [0.2, 0.25) is 0 Å². The summed E-state index contributed by atoms with van der Waals surface area (Å²) in [5.74, 6) is -0.137. The number of nitrogens with zero attached hydrogens (tertiary/aromatic N) is 4. The van der Waals surface area contributed by atoms with Gasteiger partial charge >= 0.3 is 0 Å². The summed E-state index contributed by atoms with van der Waals surface area (Å²) < 4.78 is 0. The highest BCUT2D eigenvalue weighted by Gasteiger charge is 2.31. The van der Waals surface area contributed by atoms with E-state index in [9.17, 15) is 4.79 Å². The van der Waals surface area contributed by atoms with E-state index in [-0.39, 0.29) is 11.9 Å². The molecule has 5 nitrogen and oxygen atoms in total. The third-order valence-electron chi connectivity index (χ3n) is 7.11. The van der Waals surface area contributed by atoms with Crippen LogP contribution in [-0.4, -0.2) is 60.1 Å². The number of rotatable bonds is 7. The molecule has 6 heteroatoms. The lowest BCUT2D eigenvalue weighted by Gasteiger charge is -2.40. The predicted molar refractivity (Wildman–Crippen MR) is 156 cm³/mol. The fourth-order valence-corrected chi connectivity index (χ4v) is 6.08. The van der Waals surface area contributed by atoms with Crippen molar-refractivity contribution in [3.63, 3.8) is 0 Å². The Labute approximate surface area is 224 Å². The van der Waals surface area contributed by atoms with E-state index in [0.717, 1.165) is 50.0 Å². The average molecular weight is 511 g/mol. The number of carbonyl (C=O) groups excluding carboxylic acids is 1. The highest BCUT2D eigenvalue weighted by Crippen LogP contribution is 2.33. The number of thioether (sulfide) groups is 1. The van der Waals surface area contributed by atoms with Gasteiger partial charge < -0.3 is 9.80 Å². The Kier molecular flexibility index (Phi) is 8.07. The first-order valence-electron chi connectivity index (χ1n) is 13.1. The summed E-state index contributed by atoms with van der Waals surface area (Å²) in [4.78, 5) is 24.9. The second-order valence-electron chi connectivity index (χ2n) is 9.32. The molecule has 0 bridgehead atoms. The zero-order chi connectivity index (χ0) is 25.6. The van der Waals surface area contributed by atoms with E-state index in [1.807, 2.05) is 6.08 Å². The van der Waals surface area contributed by atoms with Crippen LogP contribution in [0.3, 0.4) is 0 Å². The maximum atomic E-state index is 12.7. The van der Waals surface area contributed by atoms with Gasteiger partial charge in [0.2, 0.25) is 0 Å². The minimum absolute atomic E-state index is 0.137. The van der Waals surface area contributed by atoms with Crippen LogP contribution in [0.25, 0.3) is 6.08 Å². The molecule has 0 spiro atoms. The van der Waals surface area contributed by atoms with E-state index in [4.69, 9.17) is 0 Å². The van der Waals surface area contributed by atoms with Crippen LogP contribution in [0.4, 0.5) is 5.69 Å². The zero-order valence-corrected chi connectivity index (χ0v) is 22.4. The van der Waals surface area contributed by atoms with Crippen molar-refractivity contribution in [1.82, 2.24) is 9.80 Å². The van der Waals surface area contributed by atoms with E-state index in [0.29, 0.717) is 4.91 Å². The lowest BCUT2D eigenvalue weighted by atomic mass is 9.96. The maximum Gasteiger partial charge on any atom is 0.286 e. The Balaban J connectivity index is 1.24. The highest BCUT2D eigenvalue weighted by atomic mass is 32.2. The molecule has 1 saturated heterocycles. The molecule has 1 amide bonds. The number of carbonyl (C=O) groups is 1. The van der Waals surface area contributed by atoms with Gasteiger partial charge in [-0.3, -0.25) is 9.69 Å². The molecule has 0 aliphatic carbocycles. The van der Waals surface area contributed by atoms with Gasteiger partial charge in [-0.2, -0.15) is 4.99 Å². The number of amidine groups is 1. The standard InChI is InChI=1S/C31H34N4OS/c1-3-33(4-2)27-17-15-24(16-18-27)23-28-30(36)32-31(37-28)35-21-19-34(20-22-35)29(25-11-7-5-8-12-25)26-13-9-6-10-14-26/h5-18,23,29H,3-4,19-22H2,1-2H3/b28-23+. The smallest absolute Gasteiger partial charge is 0.286 e. The maximum absolute atomic E-state index is 12.7. The Bertz CT molecular complexity index is 1210. The quantitative estimate of drug-likeness (QED) is 0.370. The summed E-state index contributed by atoms with van der Waals surface area (Å²) in [5.41, 5.74) is 4.85. The van der Waals surface area contributed by atoms with Gasteiger partial charge in [-0.1, -0.05) is 72.8 Å². The van der Waals surface area contributed by atoms with E-state index >= 15 is 0 Å². The lowest BCUT2D eigenvalue weighted by Crippen LogP contribution is -2.49. The van der Waals surface area contributed by atoms with E-state index < -0.39 is 0 Å². The van der Waals surface area contributed by atoms with Crippen molar-refractivity contribution in [2.45, 2.75) is 19.9 Å². The summed E-state index contributed by atoms with van der Waals surface area (Å²) >= 11 is 1.50. The molecule has 5 rings (SSSR count). The van der Waals surface area contributed by atoms with Gasteiger partial charge in [-0.05, 0) is 60.5 Å². The molecule has 2 heterocycles. The first-order chi connectivity index (χ1) is 18.2. The molecular weight excluding hydrogens is 476 g/mol. The Morgan fingerprint density at radius 2 is 1.41 bits per heavy atom. The largest absolute Gasteiger partial charge is 0.372 e. The molecule has 190 valence electrons. The molecule has 0 atom stereocenters. The first-order valence-corrected chi connectivity index (χ1v) is 13.9. The molecule has 3 aromatic carbocycles. The topological polar surface area (TPSA) is 39.1 Å². The van der Waals surface area contributed by atoms with Crippen molar-refractivity contribution < 1.29 is 4.79 Å². The molecular formula is C31H34N4OS. The number of amides is 1. The van der Waals surface area contributed by atoms with Crippen LogP contribution in [0.1, 0.15) is 36.6 Å². The minimum Gasteiger partial charge on any atom is -0.372 e. The molecule has 0 N–H and O–H groups in total. The van der Waals surface area contributed by atoms with Crippen LogP contribution in [0.5, 0.6) is 0 Å². The summed E-state index contributed by atoms with van der Waals surface area (Å²) in [6, 6.07) is 30.1. The number of hydrogen-bond donors (Lipinski definition) is 0. The fraction of sp³-hybridized carbons (Fsp3) is 0.290. The molecule has 0 unspecified atom stereocenters. The van der Waals surface area contributed by atoms with Gasteiger partial charge in [0.05, 0.1) is 10.9 Å². The summed E-state index contributed by atoms with van der Waals surface area (Å²) in [7, 11) is 0. The normalized spacial score (nSPS) is 17.5. The van der Waals surface area contributed by atoms with E-state index in [1.54, 1.807) is 0 Å². The van der Waals surface area contributed by atoms with Crippen LogP contribution in [-0.2, 0) is 4.79 Å². The van der Waals surface area contributed by atoms with Crippen LogP contribution in [0.15, 0.2) is 94.8 Å². The first kappa shape index (κ1) is 25.3. The third kappa shape index (κ3) is 5.81. The van der Waals surface area contributed by atoms with Gasteiger partial charge in [-0.25, -0.2) is 0 Å². The highest BCUT2D eigenvalue weighted by molar-refractivity contribution is 8.18. The Hall–Kier alpha value is -3.35. The third-order valence-corrected chi connectivity index (χ3v) is 8.15. The van der Waals surface area contributed by atoms with Crippen LogP contribution in [0, 0.1) is 0 Å². The number of hydrogen-bond acceptors (Lipinski definition) is 5. The lowest BCUT2D eigenvalue weighted by molar-refractivity contribution is -0.113. The van der Waals surface area contributed by atoms with Gasteiger partial charge in [0.15, 0.2) is 5.17 Å². The van der Waals surface area contributed by atoms with Gasteiger partial charge in [0.1, 0.15) is 0 Å². The number of benzene rings is 3. The second-order valence-corrected chi connectivity index (χ2v) is 10.3. The molecule has 1 fully saturated rings. The molecule has 0 aromatic heterocycles. The Morgan fingerprint density at radius 3 is 1.95 bits per heavy atom. The monoisotopic (exact) mass is 510 g/mol. The van der Waals surface area contributed by atoms with Gasteiger partial charge in [0, 0.05) is 45.0 Å². The van der Waals surface area contributed by atoms with Crippen molar-refractivity contribution >= 4 is 34.6 Å². The molecule has 0 saturated carbocycles. The van der Waals surface area contributed by atoms with Gasteiger partial charge in [-0.15, -0.1) is 0 Å². The summed E-state index contributed by atoms with van der Waals surface area (Å²) in [5, 5.41) is 0.826. The van der Waals surface area contributed by atoms with Crippen molar-refractivity contribution in [2.24, 2.45) is 4.99 Å². The average Bonchev–Trinajstić information content (AvgIpc) is 3.32. The number of piperazine rings is 1. The SMILES string of the molecule is CCN(CC)c1ccc(/C=C2/SC(N3CCN(C(c4ccccc4)c4ccccc4)CC3)=NC2=O)cc1. The van der Waals surface area contributed by atoms with Crippen LogP contribution < -0.4 is 4.90 Å². The molecule has 37 heavy (non-hydrogen) atoms. The summed E-state index contributed by atoms with van der Waals surface area (Å²) in [6.07, 6.45) is 1.96. The zero-order valence-electron chi connectivity index (χ0n) is 21.6. The van der Waals surface area contributed by atoms with Crippen molar-refractivity contribution in [2.75, 3.05) is 44.2 Å². The molecule has 2 aliphatic heterocycles. The van der Waals surface area contributed by atoms with E-state index in [2.05, 4.69) is 118 Å². The fourth-order valence-electron chi connectivity index (χ4n) is 5.11. The van der Waals surface area contributed by atoms with Crippen molar-refractivity contribution in [3.05, 3.63) is 107 Å². The molecule has 3 aromatic rings. The second kappa shape index (κ2) is 11.8. The molecule has 0 radical (unpaired) electrons. The summed E-state index contributed by atoms with van der Waals surface area (Å²) in [6.45, 7) is 9.80. The van der Waals surface area contributed by atoms with Crippen molar-refractivity contribution in [3.8, 4) is 0 Å². The minimum atomic E-state index is -0.137. The van der Waals surface area contributed by atoms with E-state index in [1.165, 1.54) is 28.6 Å². The van der Waals surface area contributed by atoms with Gasteiger partial charge in [0.25, 0.3) is 5.91 Å². The molecule has 2 aliphatic rings.